The van der Waals surface area contributed by atoms with Crippen LogP contribution in [0.1, 0.15) is 33.6 Å². The van der Waals surface area contributed by atoms with Crippen molar-refractivity contribution < 1.29 is 9.47 Å². The predicted octanol–water partition coefficient (Wildman–Crippen LogP) is 0.883. The molecule has 1 aliphatic heterocycles. The van der Waals surface area contributed by atoms with Gasteiger partial charge in [-0.15, -0.1) is 0 Å². The Balaban J connectivity index is 2.28. The van der Waals surface area contributed by atoms with Gasteiger partial charge >= 0.3 is 0 Å². The van der Waals surface area contributed by atoms with Crippen LogP contribution >= 0.6 is 0 Å². The number of ether oxygens (including phenoxy) is 2. The molecule has 0 bridgehead atoms. The zero-order valence-electron chi connectivity index (χ0n) is 11.3. The highest BCUT2D eigenvalue weighted by molar-refractivity contribution is 5.78. The van der Waals surface area contributed by atoms with E-state index in [1.165, 1.54) is 0 Å². The van der Waals surface area contributed by atoms with Crippen LogP contribution in [-0.4, -0.2) is 44.0 Å². The van der Waals surface area contributed by atoms with Crippen molar-refractivity contribution in [1.82, 2.24) is 5.32 Å². The molecular weight excluding hydrogens is 218 g/mol. The minimum Gasteiger partial charge on any atom is -0.383 e. The second-order valence-electron chi connectivity index (χ2n) is 5.26. The van der Waals surface area contributed by atoms with Gasteiger partial charge in [0.1, 0.15) is 0 Å². The lowest BCUT2D eigenvalue weighted by Gasteiger charge is -2.18. The number of rotatable bonds is 5. The minimum absolute atomic E-state index is 0.00821. The molecule has 1 saturated heterocycles. The fourth-order valence-corrected chi connectivity index (χ4v) is 2.00. The van der Waals surface area contributed by atoms with Gasteiger partial charge in [0.2, 0.25) is 0 Å². The van der Waals surface area contributed by atoms with Crippen LogP contribution in [0.25, 0.3) is 0 Å². The molecule has 5 nitrogen and oxygen atoms in total. The molecular formula is C12H25N3O2. The summed E-state index contributed by atoms with van der Waals surface area (Å²) in [7, 11) is 1.67. The highest BCUT2D eigenvalue weighted by Crippen LogP contribution is 2.29. The number of aliphatic imine (C=N–C) groups is 1. The third-order valence-electron chi connectivity index (χ3n) is 2.83. The molecule has 0 amide bonds. The third-order valence-corrected chi connectivity index (χ3v) is 2.83. The molecule has 1 aliphatic rings. The van der Waals surface area contributed by atoms with Gasteiger partial charge in [-0.25, -0.2) is 0 Å². The van der Waals surface area contributed by atoms with Crippen LogP contribution in [0.2, 0.25) is 0 Å². The molecule has 0 aromatic carbocycles. The zero-order valence-corrected chi connectivity index (χ0v) is 11.3. The Hall–Kier alpha value is -0.810. The zero-order chi connectivity index (χ0) is 12.9. The number of hydrogen-bond donors (Lipinski definition) is 2. The Bertz CT molecular complexity index is 266. The summed E-state index contributed by atoms with van der Waals surface area (Å²) < 4.78 is 10.8. The van der Waals surface area contributed by atoms with E-state index >= 15 is 0 Å². The first-order chi connectivity index (χ1) is 7.93. The fourth-order valence-electron chi connectivity index (χ4n) is 2.00. The number of hydrogen-bond acceptors (Lipinski definition) is 3. The van der Waals surface area contributed by atoms with Crippen LogP contribution in [0.4, 0.5) is 0 Å². The molecule has 3 N–H and O–H groups in total. The van der Waals surface area contributed by atoms with Crippen molar-refractivity contribution in [3.8, 4) is 0 Å². The van der Waals surface area contributed by atoms with Crippen LogP contribution < -0.4 is 11.1 Å². The van der Waals surface area contributed by atoms with E-state index in [0.29, 0.717) is 19.1 Å². The highest BCUT2D eigenvalue weighted by atomic mass is 16.5. The Morgan fingerprint density at radius 1 is 1.65 bits per heavy atom. The van der Waals surface area contributed by atoms with E-state index in [0.717, 1.165) is 12.8 Å². The Morgan fingerprint density at radius 2 is 2.35 bits per heavy atom. The molecule has 1 heterocycles. The summed E-state index contributed by atoms with van der Waals surface area (Å²) in [6.45, 7) is 7.46. The number of guanidine groups is 1. The molecule has 0 saturated carbocycles. The quantitative estimate of drug-likeness (QED) is 0.555. The average molecular weight is 243 g/mol. The Labute approximate surface area is 104 Å². The molecule has 1 fully saturated rings. The minimum atomic E-state index is -0.00821. The van der Waals surface area contributed by atoms with Gasteiger partial charge in [-0.05, 0) is 33.6 Å². The lowest BCUT2D eigenvalue weighted by atomic mass is 10.1. The molecule has 0 aromatic heterocycles. The Morgan fingerprint density at radius 3 is 2.88 bits per heavy atom. The van der Waals surface area contributed by atoms with Crippen molar-refractivity contribution in [2.45, 2.75) is 51.4 Å². The molecule has 2 unspecified atom stereocenters. The summed E-state index contributed by atoms with van der Waals surface area (Å²) >= 11 is 0. The van der Waals surface area contributed by atoms with Gasteiger partial charge in [-0.1, -0.05) is 0 Å². The van der Waals surface area contributed by atoms with Crippen LogP contribution in [0.15, 0.2) is 4.99 Å². The van der Waals surface area contributed by atoms with Crippen molar-refractivity contribution in [2.24, 2.45) is 10.7 Å². The van der Waals surface area contributed by atoms with Crippen LogP contribution in [0.3, 0.4) is 0 Å². The molecule has 1 rings (SSSR count). The van der Waals surface area contributed by atoms with Crippen molar-refractivity contribution >= 4 is 5.96 Å². The summed E-state index contributed by atoms with van der Waals surface area (Å²) in [5.74, 6) is 0.461. The van der Waals surface area contributed by atoms with Crippen LogP contribution in [0.5, 0.6) is 0 Å². The van der Waals surface area contributed by atoms with Crippen molar-refractivity contribution in [1.29, 1.82) is 0 Å². The third kappa shape index (κ3) is 5.37. The number of nitrogens with one attached hydrogen (secondary N) is 1. The maximum atomic E-state index is 5.84. The van der Waals surface area contributed by atoms with Crippen molar-refractivity contribution in [3.05, 3.63) is 0 Å². The lowest BCUT2D eigenvalue weighted by molar-refractivity contribution is -0.0106. The molecule has 17 heavy (non-hydrogen) atoms. The molecule has 0 radical (unpaired) electrons. The van der Waals surface area contributed by atoms with Crippen LogP contribution in [-0.2, 0) is 9.47 Å². The summed E-state index contributed by atoms with van der Waals surface area (Å²) in [5, 5.41) is 3.07. The van der Waals surface area contributed by atoms with Crippen LogP contribution in [0, 0.1) is 0 Å². The monoisotopic (exact) mass is 243 g/mol. The molecule has 2 atom stereocenters. The van der Waals surface area contributed by atoms with E-state index in [2.05, 4.69) is 24.2 Å². The molecule has 0 aliphatic carbocycles. The molecule has 5 heteroatoms. The second kappa shape index (κ2) is 6.21. The SMILES string of the molecule is COCC(C)NC(N)=NCC1CCC(C)(C)O1. The van der Waals surface area contributed by atoms with Gasteiger partial charge in [-0.2, -0.15) is 0 Å². The summed E-state index contributed by atoms with van der Waals surface area (Å²) in [4.78, 5) is 4.30. The number of nitrogens with zero attached hydrogens (tertiary/aromatic N) is 1. The van der Waals surface area contributed by atoms with Gasteiger partial charge in [0.15, 0.2) is 5.96 Å². The maximum Gasteiger partial charge on any atom is 0.188 e. The van der Waals surface area contributed by atoms with Gasteiger partial charge in [-0.3, -0.25) is 4.99 Å². The van der Waals surface area contributed by atoms with E-state index < -0.39 is 0 Å². The predicted molar refractivity (Wildman–Crippen MR) is 69.1 cm³/mol. The van der Waals surface area contributed by atoms with Crippen molar-refractivity contribution in [2.75, 3.05) is 20.3 Å². The fraction of sp³-hybridized carbons (Fsp3) is 0.917. The van der Waals surface area contributed by atoms with E-state index in [9.17, 15) is 0 Å². The molecule has 100 valence electrons. The van der Waals surface area contributed by atoms with Crippen molar-refractivity contribution in [3.63, 3.8) is 0 Å². The van der Waals surface area contributed by atoms with Gasteiger partial charge in [0, 0.05) is 13.2 Å². The number of methoxy groups -OCH3 is 1. The first-order valence-electron chi connectivity index (χ1n) is 6.16. The molecule has 0 spiro atoms. The summed E-state index contributed by atoms with van der Waals surface area (Å²) in [5.41, 5.74) is 5.77. The molecule has 0 aromatic rings. The van der Waals surface area contributed by atoms with E-state index in [1.807, 2.05) is 6.92 Å². The van der Waals surface area contributed by atoms with E-state index in [1.54, 1.807) is 7.11 Å². The average Bonchev–Trinajstić information content (AvgIpc) is 2.55. The normalized spacial score (nSPS) is 25.9. The van der Waals surface area contributed by atoms with Gasteiger partial charge in [0.25, 0.3) is 0 Å². The topological polar surface area (TPSA) is 68.9 Å². The second-order valence-corrected chi connectivity index (χ2v) is 5.26. The largest absolute Gasteiger partial charge is 0.383 e. The first-order valence-corrected chi connectivity index (χ1v) is 6.16. The standard InChI is InChI=1S/C12H25N3O2/c1-9(8-16-4)15-11(13)14-7-10-5-6-12(2,3)17-10/h9-10H,5-8H2,1-4H3,(H3,13,14,15). The lowest BCUT2D eigenvalue weighted by Crippen LogP contribution is -2.41. The summed E-state index contributed by atoms with van der Waals surface area (Å²) in [6.07, 6.45) is 2.33. The smallest absolute Gasteiger partial charge is 0.188 e. The Kier molecular flexibility index (Phi) is 5.21. The van der Waals surface area contributed by atoms with Gasteiger partial charge < -0.3 is 20.5 Å². The van der Waals surface area contributed by atoms with E-state index in [4.69, 9.17) is 15.2 Å². The highest BCUT2D eigenvalue weighted by Gasteiger charge is 2.31. The summed E-state index contributed by atoms with van der Waals surface area (Å²) in [6, 6.07) is 0.171. The number of nitrogens with two attached hydrogens (primary N) is 1. The van der Waals surface area contributed by atoms with Gasteiger partial charge in [0.05, 0.1) is 24.9 Å². The first kappa shape index (κ1) is 14.3. The maximum absolute atomic E-state index is 5.84. The van der Waals surface area contributed by atoms with E-state index in [-0.39, 0.29) is 17.7 Å².